The molecule has 30 heavy (non-hydrogen) atoms. The van der Waals surface area contributed by atoms with Crippen LogP contribution in [-0.2, 0) is 13.1 Å². The number of ether oxygens (including phenoxy) is 2. The Labute approximate surface area is 183 Å². The molecule has 0 N–H and O–H groups in total. The molecule has 0 spiro atoms. The van der Waals surface area contributed by atoms with Gasteiger partial charge in [-0.2, -0.15) is 0 Å². The maximum atomic E-state index is 12.8. The molecule has 2 aromatic carbocycles. The lowest BCUT2D eigenvalue weighted by atomic mass is 10.0. The van der Waals surface area contributed by atoms with Crippen molar-refractivity contribution in [1.29, 1.82) is 0 Å². The van der Waals surface area contributed by atoms with Gasteiger partial charge >= 0.3 is 0 Å². The van der Waals surface area contributed by atoms with Gasteiger partial charge in [0, 0.05) is 29.2 Å². The van der Waals surface area contributed by atoms with E-state index in [0.717, 1.165) is 22.6 Å². The van der Waals surface area contributed by atoms with Crippen LogP contribution in [0, 0.1) is 6.92 Å². The zero-order chi connectivity index (χ0) is 20.8. The summed E-state index contributed by atoms with van der Waals surface area (Å²) in [6, 6.07) is 12.7. The molecule has 0 amide bonds. The van der Waals surface area contributed by atoms with E-state index < -0.39 is 0 Å². The molecule has 7 heteroatoms. The summed E-state index contributed by atoms with van der Waals surface area (Å²) in [7, 11) is 0. The number of hydrogen-bond donors (Lipinski definition) is 0. The quantitative estimate of drug-likeness (QED) is 0.476. The summed E-state index contributed by atoms with van der Waals surface area (Å²) in [6.07, 6.45) is 1.62. The first-order valence-electron chi connectivity index (χ1n) is 9.43. The van der Waals surface area contributed by atoms with Crippen molar-refractivity contribution in [1.82, 2.24) is 4.90 Å². The summed E-state index contributed by atoms with van der Waals surface area (Å²) in [6.45, 7) is 3.41. The second-order valence-corrected chi connectivity index (χ2v) is 8.15. The lowest BCUT2D eigenvalue weighted by Crippen LogP contribution is -2.31. The van der Waals surface area contributed by atoms with Gasteiger partial charge in [-0.05, 0) is 48.9 Å². The van der Waals surface area contributed by atoms with Crippen molar-refractivity contribution >= 4 is 35.1 Å². The molecule has 0 bridgehead atoms. The van der Waals surface area contributed by atoms with Crippen LogP contribution in [0.2, 0.25) is 10.0 Å². The van der Waals surface area contributed by atoms with Gasteiger partial charge < -0.3 is 13.9 Å². The number of carbonyl (C=O) groups is 1. The lowest BCUT2D eigenvalue weighted by Gasteiger charge is -2.30. The van der Waals surface area contributed by atoms with Crippen molar-refractivity contribution in [3.63, 3.8) is 0 Å². The number of ketones is 1. The van der Waals surface area contributed by atoms with E-state index in [-0.39, 0.29) is 11.5 Å². The molecule has 0 saturated carbocycles. The number of furan rings is 1. The van der Waals surface area contributed by atoms with Gasteiger partial charge in [0.15, 0.2) is 5.76 Å². The second kappa shape index (κ2) is 7.51. The fourth-order valence-corrected chi connectivity index (χ4v) is 4.13. The molecule has 0 atom stereocenters. The van der Waals surface area contributed by atoms with Crippen molar-refractivity contribution in [3.05, 3.63) is 86.5 Å². The number of nitrogens with zero attached hydrogens (tertiary/aromatic N) is 1. The highest BCUT2D eigenvalue weighted by molar-refractivity contribution is 6.35. The van der Waals surface area contributed by atoms with Crippen LogP contribution < -0.4 is 9.47 Å². The van der Waals surface area contributed by atoms with Crippen molar-refractivity contribution in [2.45, 2.75) is 20.0 Å². The van der Waals surface area contributed by atoms with Gasteiger partial charge in [-0.15, -0.1) is 0 Å². The van der Waals surface area contributed by atoms with Gasteiger partial charge in [0.05, 0.1) is 11.1 Å². The van der Waals surface area contributed by atoms with E-state index >= 15 is 0 Å². The number of allylic oxidation sites excluding steroid dienone is 1. The summed E-state index contributed by atoms with van der Waals surface area (Å²) in [5.74, 6) is 2.68. The Hall–Kier alpha value is -2.73. The maximum Gasteiger partial charge on any atom is 0.232 e. The van der Waals surface area contributed by atoms with E-state index in [2.05, 4.69) is 4.90 Å². The van der Waals surface area contributed by atoms with Gasteiger partial charge in [-0.3, -0.25) is 9.69 Å². The standard InChI is InChI=1S/C23H17Cl2NO4/c1-13-2-5-16(29-13)9-21-22(27)17-6-7-20-18(23(17)30-21)11-26(12-28-20)10-14-3-4-15(24)8-19(14)25/h2-9H,10-12H2,1H3/b21-9-. The van der Waals surface area contributed by atoms with Gasteiger partial charge in [-0.25, -0.2) is 0 Å². The monoisotopic (exact) mass is 441 g/mol. The van der Waals surface area contributed by atoms with Crippen LogP contribution in [0.4, 0.5) is 0 Å². The van der Waals surface area contributed by atoms with Crippen LogP contribution >= 0.6 is 23.2 Å². The first-order valence-corrected chi connectivity index (χ1v) is 10.2. The van der Waals surface area contributed by atoms with Gasteiger partial charge in [-0.1, -0.05) is 29.3 Å². The fraction of sp³-hybridized carbons (Fsp3) is 0.174. The van der Waals surface area contributed by atoms with Gasteiger partial charge in [0.25, 0.3) is 0 Å². The molecule has 0 radical (unpaired) electrons. The third-order valence-electron chi connectivity index (χ3n) is 5.13. The highest BCUT2D eigenvalue weighted by Crippen LogP contribution is 2.42. The molecule has 0 aliphatic carbocycles. The summed E-state index contributed by atoms with van der Waals surface area (Å²) in [4.78, 5) is 14.9. The number of carbonyl (C=O) groups excluding carboxylic acids is 1. The Morgan fingerprint density at radius 2 is 2.00 bits per heavy atom. The summed E-state index contributed by atoms with van der Waals surface area (Å²) < 4.78 is 17.4. The molecule has 0 saturated heterocycles. The number of rotatable bonds is 3. The minimum Gasteiger partial charge on any atom is -0.478 e. The molecule has 0 unspecified atom stereocenters. The molecule has 3 heterocycles. The number of hydrogen-bond acceptors (Lipinski definition) is 5. The minimum absolute atomic E-state index is 0.167. The third-order valence-corrected chi connectivity index (χ3v) is 5.71. The van der Waals surface area contributed by atoms with E-state index in [9.17, 15) is 4.79 Å². The van der Waals surface area contributed by atoms with Crippen molar-refractivity contribution < 1.29 is 18.7 Å². The molecular formula is C23H17Cl2NO4. The predicted molar refractivity (Wildman–Crippen MR) is 114 cm³/mol. The smallest absolute Gasteiger partial charge is 0.232 e. The Morgan fingerprint density at radius 3 is 2.77 bits per heavy atom. The largest absolute Gasteiger partial charge is 0.478 e. The van der Waals surface area contributed by atoms with Crippen LogP contribution in [0.15, 0.2) is 52.6 Å². The van der Waals surface area contributed by atoms with Crippen LogP contribution in [0.5, 0.6) is 11.5 Å². The molecule has 3 aromatic rings. The fourth-order valence-electron chi connectivity index (χ4n) is 3.66. The average molecular weight is 442 g/mol. The first-order chi connectivity index (χ1) is 14.5. The molecule has 2 aliphatic heterocycles. The zero-order valence-corrected chi connectivity index (χ0v) is 17.6. The molecule has 1 aromatic heterocycles. The van der Waals surface area contributed by atoms with E-state index in [0.29, 0.717) is 46.9 Å². The van der Waals surface area contributed by atoms with Crippen LogP contribution in [0.25, 0.3) is 6.08 Å². The number of fused-ring (bicyclic) bond motifs is 3. The highest BCUT2D eigenvalue weighted by atomic mass is 35.5. The van der Waals surface area contributed by atoms with E-state index in [1.807, 2.05) is 31.2 Å². The lowest BCUT2D eigenvalue weighted by molar-refractivity contribution is 0.0873. The molecule has 5 rings (SSSR count). The van der Waals surface area contributed by atoms with Crippen LogP contribution in [0.3, 0.4) is 0 Å². The Bertz CT molecular complexity index is 1200. The summed E-state index contributed by atoms with van der Waals surface area (Å²) >= 11 is 12.3. The summed E-state index contributed by atoms with van der Waals surface area (Å²) in [5, 5.41) is 1.21. The Kier molecular flexibility index (Phi) is 4.82. The van der Waals surface area contributed by atoms with E-state index in [4.69, 9.17) is 37.1 Å². The van der Waals surface area contributed by atoms with E-state index in [1.54, 1.807) is 24.3 Å². The SMILES string of the molecule is Cc1ccc(/C=C2\Oc3c(ccc4c3CN(Cc3ccc(Cl)cc3Cl)CO4)C2=O)o1. The normalized spacial score (nSPS) is 16.9. The third kappa shape index (κ3) is 3.49. The topological polar surface area (TPSA) is 51.9 Å². The molecular weight excluding hydrogens is 425 g/mol. The Morgan fingerprint density at radius 1 is 1.13 bits per heavy atom. The molecule has 2 aliphatic rings. The van der Waals surface area contributed by atoms with Crippen molar-refractivity contribution in [2.75, 3.05) is 6.73 Å². The molecule has 0 fully saturated rings. The maximum absolute atomic E-state index is 12.8. The number of halogens is 2. The van der Waals surface area contributed by atoms with Crippen molar-refractivity contribution in [3.8, 4) is 11.5 Å². The highest BCUT2D eigenvalue weighted by Gasteiger charge is 2.34. The number of benzene rings is 2. The number of Topliss-reactive ketones (excluding diaryl/α,β-unsaturated/α-hetero) is 1. The van der Waals surface area contributed by atoms with Crippen molar-refractivity contribution in [2.24, 2.45) is 0 Å². The summed E-state index contributed by atoms with van der Waals surface area (Å²) in [5.41, 5.74) is 2.32. The molecule has 5 nitrogen and oxygen atoms in total. The minimum atomic E-state index is -0.167. The van der Waals surface area contributed by atoms with E-state index in [1.165, 1.54) is 0 Å². The number of aryl methyl sites for hydroxylation is 1. The predicted octanol–water partition coefficient (Wildman–Crippen LogP) is 5.86. The second-order valence-electron chi connectivity index (χ2n) is 7.30. The van der Waals surface area contributed by atoms with Gasteiger partial charge in [0.2, 0.25) is 5.78 Å². The average Bonchev–Trinajstić information content (AvgIpc) is 3.27. The first kappa shape index (κ1) is 19.2. The van der Waals surface area contributed by atoms with Gasteiger partial charge in [0.1, 0.15) is 29.8 Å². The Balaban J connectivity index is 1.42. The van der Waals surface area contributed by atoms with Crippen LogP contribution in [0.1, 0.15) is 33.0 Å². The zero-order valence-electron chi connectivity index (χ0n) is 16.1. The van der Waals surface area contributed by atoms with Crippen LogP contribution in [-0.4, -0.2) is 17.4 Å². The molecule has 152 valence electrons.